The fraction of sp³-hybridized carbons (Fsp3) is 0.647. The van der Waals surface area contributed by atoms with Crippen molar-refractivity contribution >= 4 is 29.9 Å². The third-order valence-electron chi connectivity index (χ3n) is 4.06. The number of halogens is 4. The molecule has 0 radical (unpaired) electrons. The summed E-state index contributed by atoms with van der Waals surface area (Å²) < 4.78 is 41.8. The van der Waals surface area contributed by atoms with Crippen LogP contribution in [0.1, 0.15) is 24.8 Å². The molecule has 27 heavy (non-hydrogen) atoms. The molecule has 0 aromatic carbocycles. The van der Waals surface area contributed by atoms with Crippen molar-refractivity contribution in [3.8, 4) is 5.88 Å². The predicted molar refractivity (Wildman–Crippen MR) is 110 cm³/mol. The van der Waals surface area contributed by atoms with Crippen molar-refractivity contribution in [2.75, 3.05) is 39.8 Å². The summed E-state index contributed by atoms with van der Waals surface area (Å²) in [4.78, 5) is 10.4. The van der Waals surface area contributed by atoms with Crippen molar-refractivity contribution in [1.29, 1.82) is 0 Å². The van der Waals surface area contributed by atoms with Gasteiger partial charge in [0.15, 0.2) is 12.6 Å². The molecule has 2 rings (SSSR count). The Hall–Kier alpha value is -1.30. The molecule has 1 aromatic heterocycles. The van der Waals surface area contributed by atoms with Crippen LogP contribution in [0.5, 0.6) is 5.88 Å². The summed E-state index contributed by atoms with van der Waals surface area (Å²) in [6.07, 6.45) is 0.801. The van der Waals surface area contributed by atoms with E-state index in [1.54, 1.807) is 19.2 Å². The molecule has 1 fully saturated rings. The molecule has 6 nitrogen and oxygen atoms in total. The molecular formula is C17H27F3IN5O. The minimum absolute atomic E-state index is 0. The lowest BCUT2D eigenvalue weighted by molar-refractivity contribution is -0.154. The number of pyridine rings is 1. The molecule has 2 heterocycles. The normalized spacial score (nSPS) is 15.8. The Balaban J connectivity index is 0.00000364. The molecule has 0 saturated carbocycles. The number of aromatic nitrogens is 1. The Bertz CT molecular complexity index is 580. The summed E-state index contributed by atoms with van der Waals surface area (Å²) >= 11 is 0. The number of guanidine groups is 1. The van der Waals surface area contributed by atoms with Crippen LogP contribution in [0, 0.1) is 0 Å². The average molecular weight is 501 g/mol. The van der Waals surface area contributed by atoms with Crippen LogP contribution in [-0.2, 0) is 6.54 Å². The minimum Gasteiger partial charge on any atom is -0.468 e. The first-order valence-corrected chi connectivity index (χ1v) is 8.78. The van der Waals surface area contributed by atoms with Gasteiger partial charge in [0, 0.05) is 38.4 Å². The van der Waals surface area contributed by atoms with Crippen LogP contribution < -0.4 is 15.4 Å². The Kier molecular flexibility index (Phi) is 10.7. The van der Waals surface area contributed by atoms with E-state index >= 15 is 0 Å². The van der Waals surface area contributed by atoms with Crippen molar-refractivity contribution in [2.45, 2.75) is 32.0 Å². The molecule has 0 aliphatic carbocycles. The van der Waals surface area contributed by atoms with Gasteiger partial charge in [-0.05, 0) is 32.0 Å². The van der Waals surface area contributed by atoms with Crippen LogP contribution in [0.15, 0.2) is 23.3 Å². The summed E-state index contributed by atoms with van der Waals surface area (Å²) in [5.74, 6) is 0.564. The second kappa shape index (κ2) is 12.2. The Morgan fingerprint density at radius 3 is 2.67 bits per heavy atom. The second-order valence-electron chi connectivity index (χ2n) is 6.13. The average Bonchev–Trinajstić information content (AvgIpc) is 2.63. The summed E-state index contributed by atoms with van der Waals surface area (Å²) in [6, 6.07) is 3.33. The van der Waals surface area contributed by atoms with Gasteiger partial charge in [0.2, 0.25) is 5.88 Å². The molecule has 1 aromatic rings. The van der Waals surface area contributed by atoms with E-state index in [1.807, 2.05) is 0 Å². The molecule has 154 valence electrons. The maximum absolute atomic E-state index is 12.3. The zero-order valence-corrected chi connectivity index (χ0v) is 17.7. The van der Waals surface area contributed by atoms with E-state index in [9.17, 15) is 13.2 Å². The molecule has 0 atom stereocenters. The van der Waals surface area contributed by atoms with Crippen molar-refractivity contribution in [1.82, 2.24) is 20.5 Å². The van der Waals surface area contributed by atoms with E-state index in [1.165, 1.54) is 25.5 Å². The Morgan fingerprint density at radius 1 is 1.26 bits per heavy atom. The molecule has 1 saturated heterocycles. The zero-order valence-electron chi connectivity index (χ0n) is 15.4. The Morgan fingerprint density at radius 2 is 2.00 bits per heavy atom. The lowest BCUT2D eigenvalue weighted by atomic mass is 10.1. The standard InChI is InChI=1S/C17H26F3N5O.HI/c1-21-16(23-8-11-25-9-3-2-4-10-25)24-12-14-6-5-7-22-15(14)26-13-17(18,19)20;/h5-7H,2-4,8-13H2,1H3,(H2,21,23,24);1H. The van der Waals surface area contributed by atoms with Crippen molar-refractivity contribution in [3.63, 3.8) is 0 Å². The zero-order chi connectivity index (χ0) is 18.8. The van der Waals surface area contributed by atoms with E-state index in [4.69, 9.17) is 4.74 Å². The molecule has 10 heteroatoms. The quantitative estimate of drug-likeness (QED) is 0.342. The van der Waals surface area contributed by atoms with Crippen LogP contribution in [0.2, 0.25) is 0 Å². The number of piperidine rings is 1. The summed E-state index contributed by atoms with van der Waals surface area (Å²) in [7, 11) is 1.65. The van der Waals surface area contributed by atoms with Gasteiger partial charge in [0.25, 0.3) is 0 Å². The smallest absolute Gasteiger partial charge is 0.422 e. The number of hydrogen-bond acceptors (Lipinski definition) is 4. The van der Waals surface area contributed by atoms with E-state index in [-0.39, 0.29) is 36.4 Å². The first kappa shape index (κ1) is 23.7. The lowest BCUT2D eigenvalue weighted by Gasteiger charge is -2.26. The van der Waals surface area contributed by atoms with E-state index in [0.717, 1.165) is 26.2 Å². The maximum Gasteiger partial charge on any atom is 0.422 e. The van der Waals surface area contributed by atoms with Gasteiger partial charge in [-0.15, -0.1) is 24.0 Å². The van der Waals surface area contributed by atoms with Gasteiger partial charge in [0.1, 0.15) is 0 Å². The fourth-order valence-electron chi connectivity index (χ4n) is 2.75. The molecular weight excluding hydrogens is 474 g/mol. The highest BCUT2D eigenvalue weighted by Gasteiger charge is 2.29. The van der Waals surface area contributed by atoms with E-state index < -0.39 is 12.8 Å². The molecule has 0 spiro atoms. The maximum atomic E-state index is 12.3. The van der Waals surface area contributed by atoms with Gasteiger partial charge in [-0.2, -0.15) is 13.2 Å². The lowest BCUT2D eigenvalue weighted by Crippen LogP contribution is -2.42. The molecule has 0 bridgehead atoms. The van der Waals surface area contributed by atoms with E-state index in [2.05, 4.69) is 25.5 Å². The van der Waals surface area contributed by atoms with Crippen LogP contribution in [0.3, 0.4) is 0 Å². The largest absolute Gasteiger partial charge is 0.468 e. The van der Waals surface area contributed by atoms with Crippen LogP contribution in [-0.4, -0.2) is 61.9 Å². The van der Waals surface area contributed by atoms with Crippen molar-refractivity contribution in [2.24, 2.45) is 4.99 Å². The molecule has 0 unspecified atom stereocenters. The number of ether oxygens (including phenoxy) is 1. The summed E-state index contributed by atoms with van der Waals surface area (Å²) in [5.41, 5.74) is 0.538. The highest BCUT2D eigenvalue weighted by Crippen LogP contribution is 2.19. The van der Waals surface area contributed by atoms with Gasteiger partial charge < -0.3 is 20.3 Å². The molecule has 1 aliphatic rings. The van der Waals surface area contributed by atoms with Gasteiger partial charge >= 0.3 is 6.18 Å². The number of likely N-dealkylation sites (tertiary alicyclic amines) is 1. The van der Waals surface area contributed by atoms with Crippen molar-refractivity contribution in [3.05, 3.63) is 23.9 Å². The minimum atomic E-state index is -4.39. The van der Waals surface area contributed by atoms with Gasteiger partial charge in [-0.1, -0.05) is 12.5 Å². The van der Waals surface area contributed by atoms with E-state index in [0.29, 0.717) is 11.5 Å². The molecule has 2 N–H and O–H groups in total. The van der Waals surface area contributed by atoms with Gasteiger partial charge in [0.05, 0.1) is 0 Å². The first-order valence-electron chi connectivity index (χ1n) is 8.78. The number of alkyl halides is 3. The van der Waals surface area contributed by atoms with Crippen LogP contribution in [0.25, 0.3) is 0 Å². The third kappa shape index (κ3) is 9.45. The SMILES string of the molecule is CN=C(NCCN1CCCCC1)NCc1cccnc1OCC(F)(F)F.I. The predicted octanol–water partition coefficient (Wildman–Crippen LogP) is 2.79. The highest BCUT2D eigenvalue weighted by molar-refractivity contribution is 14.0. The number of rotatable bonds is 7. The number of nitrogens with zero attached hydrogens (tertiary/aromatic N) is 3. The summed E-state index contributed by atoms with van der Waals surface area (Å²) in [6.45, 7) is 2.86. The fourth-order valence-corrected chi connectivity index (χ4v) is 2.75. The van der Waals surface area contributed by atoms with Gasteiger partial charge in [-0.3, -0.25) is 4.99 Å². The first-order chi connectivity index (χ1) is 12.5. The summed E-state index contributed by atoms with van der Waals surface area (Å²) in [5, 5.41) is 6.30. The number of hydrogen-bond donors (Lipinski definition) is 2. The topological polar surface area (TPSA) is 61.8 Å². The number of nitrogens with one attached hydrogen (secondary N) is 2. The third-order valence-corrected chi connectivity index (χ3v) is 4.06. The Labute approximate surface area is 175 Å². The monoisotopic (exact) mass is 501 g/mol. The molecule has 1 aliphatic heterocycles. The van der Waals surface area contributed by atoms with Crippen molar-refractivity contribution < 1.29 is 17.9 Å². The van der Waals surface area contributed by atoms with Crippen LogP contribution >= 0.6 is 24.0 Å². The van der Waals surface area contributed by atoms with Gasteiger partial charge in [-0.25, -0.2) is 4.98 Å². The second-order valence-corrected chi connectivity index (χ2v) is 6.13. The highest BCUT2D eigenvalue weighted by atomic mass is 127. The molecule has 0 amide bonds. The number of aliphatic imine (C=N–C) groups is 1. The van der Waals surface area contributed by atoms with Crippen LogP contribution in [0.4, 0.5) is 13.2 Å².